The maximum Gasteiger partial charge on any atom is -0.00675 e. The first-order valence-corrected chi connectivity index (χ1v) is 4.31. The van der Waals surface area contributed by atoms with Crippen molar-refractivity contribution < 1.29 is 0 Å². The minimum Gasteiger partial charge on any atom is -0.333 e. The number of hydrogen-bond donors (Lipinski definition) is 1. The van der Waals surface area contributed by atoms with Crippen LogP contribution >= 0.6 is 11.8 Å². The Kier molecular flexibility index (Phi) is 7.59. The van der Waals surface area contributed by atoms with Crippen LogP contribution in [0.25, 0.3) is 0 Å². The fourth-order valence-corrected chi connectivity index (χ4v) is 1.71. The highest BCUT2D eigenvalue weighted by molar-refractivity contribution is 7.99. The van der Waals surface area contributed by atoms with Crippen molar-refractivity contribution in [1.82, 2.24) is 0 Å². The summed E-state index contributed by atoms with van der Waals surface area (Å²) in [6.45, 7) is 0. The zero-order valence-corrected chi connectivity index (χ0v) is 6.34. The highest BCUT2D eigenvalue weighted by atomic mass is 32.2. The van der Waals surface area contributed by atoms with Crippen LogP contribution in [0.4, 0.5) is 0 Å². The molecule has 50 valence electrons. The molecule has 1 rings (SSSR count). The van der Waals surface area contributed by atoms with Crippen LogP contribution in [-0.2, 0) is 0 Å². The summed E-state index contributed by atoms with van der Waals surface area (Å²) in [5, 5.41) is 0. The molecule has 1 fully saturated rings. The lowest BCUT2D eigenvalue weighted by Gasteiger charge is -2.05. The Hall–Kier alpha value is 0.310. The topological polar surface area (TPSA) is 26.0 Å². The van der Waals surface area contributed by atoms with Crippen LogP contribution in [0.1, 0.15) is 19.3 Å². The van der Waals surface area contributed by atoms with E-state index in [1.165, 1.54) is 37.8 Å². The Morgan fingerprint density at radius 2 is 1.50 bits per heavy atom. The van der Waals surface area contributed by atoms with Crippen LogP contribution < -0.4 is 5.73 Å². The van der Waals surface area contributed by atoms with Gasteiger partial charge in [-0.3, -0.25) is 0 Å². The van der Waals surface area contributed by atoms with Crippen molar-refractivity contribution in [3.63, 3.8) is 0 Å². The van der Waals surface area contributed by atoms with Gasteiger partial charge in [0, 0.05) is 0 Å². The molecule has 0 bridgehead atoms. The minimum atomic E-state index is 1.42. The van der Waals surface area contributed by atoms with Crippen LogP contribution in [0.2, 0.25) is 0 Å². The van der Waals surface area contributed by atoms with Crippen molar-refractivity contribution in [2.45, 2.75) is 19.3 Å². The minimum absolute atomic E-state index is 1.42. The number of hydrogen-bond acceptors (Lipinski definition) is 2. The SMILES string of the molecule is C1CCSCC1.CN. The molecule has 2 N–H and O–H groups in total. The Morgan fingerprint density at radius 1 is 1.00 bits per heavy atom. The Bertz CT molecular complexity index is 24.0. The molecule has 1 aliphatic rings. The van der Waals surface area contributed by atoms with Crippen molar-refractivity contribution in [2.24, 2.45) is 5.73 Å². The van der Waals surface area contributed by atoms with Crippen molar-refractivity contribution in [2.75, 3.05) is 18.6 Å². The van der Waals surface area contributed by atoms with Crippen molar-refractivity contribution in [3.8, 4) is 0 Å². The van der Waals surface area contributed by atoms with E-state index in [0.29, 0.717) is 0 Å². The second-order valence-corrected chi connectivity index (χ2v) is 2.90. The van der Waals surface area contributed by atoms with E-state index >= 15 is 0 Å². The number of rotatable bonds is 0. The van der Waals surface area contributed by atoms with Gasteiger partial charge in [0.05, 0.1) is 0 Å². The van der Waals surface area contributed by atoms with Crippen LogP contribution in [0.15, 0.2) is 0 Å². The smallest absolute Gasteiger partial charge is 0.00675 e. The van der Waals surface area contributed by atoms with Crippen LogP contribution in [0, 0.1) is 0 Å². The van der Waals surface area contributed by atoms with E-state index < -0.39 is 0 Å². The maximum atomic E-state index is 4.50. The van der Waals surface area contributed by atoms with E-state index in [9.17, 15) is 0 Å². The van der Waals surface area contributed by atoms with E-state index in [0.717, 1.165) is 0 Å². The molecule has 2 heteroatoms. The molecule has 0 radical (unpaired) electrons. The summed E-state index contributed by atoms with van der Waals surface area (Å²) in [5.74, 6) is 2.83. The zero-order valence-electron chi connectivity index (χ0n) is 5.52. The molecule has 0 aromatic heterocycles. The van der Waals surface area contributed by atoms with Gasteiger partial charge in [-0.05, 0) is 31.4 Å². The lowest BCUT2D eigenvalue weighted by Crippen LogP contribution is -1.91. The van der Waals surface area contributed by atoms with Gasteiger partial charge in [0.25, 0.3) is 0 Å². The first-order valence-electron chi connectivity index (χ1n) is 3.15. The van der Waals surface area contributed by atoms with Crippen molar-refractivity contribution >= 4 is 11.8 Å². The third-order valence-corrected chi connectivity index (χ3v) is 2.23. The predicted octanol–water partition coefficient (Wildman–Crippen LogP) is 1.48. The Balaban J connectivity index is 0.000000222. The molecule has 0 aromatic rings. The van der Waals surface area contributed by atoms with E-state index in [1.807, 2.05) is 0 Å². The summed E-state index contributed by atoms with van der Waals surface area (Å²) in [7, 11) is 1.50. The van der Waals surface area contributed by atoms with Crippen LogP contribution in [0.5, 0.6) is 0 Å². The Morgan fingerprint density at radius 3 is 1.62 bits per heavy atom. The summed E-state index contributed by atoms with van der Waals surface area (Å²) in [5.41, 5.74) is 4.50. The molecule has 1 aliphatic heterocycles. The van der Waals surface area contributed by atoms with Gasteiger partial charge in [-0.25, -0.2) is 0 Å². The normalized spacial score (nSPS) is 18.8. The molecule has 0 amide bonds. The van der Waals surface area contributed by atoms with E-state index in [4.69, 9.17) is 0 Å². The molecule has 1 saturated heterocycles. The summed E-state index contributed by atoms with van der Waals surface area (Å²) in [4.78, 5) is 0. The second-order valence-electron chi connectivity index (χ2n) is 1.67. The molecule has 0 atom stereocenters. The quantitative estimate of drug-likeness (QED) is 0.541. The molecular formula is C6H15NS. The van der Waals surface area contributed by atoms with Gasteiger partial charge in [-0.1, -0.05) is 6.42 Å². The number of nitrogens with two attached hydrogens (primary N) is 1. The monoisotopic (exact) mass is 133 g/mol. The lowest BCUT2D eigenvalue weighted by atomic mass is 10.3. The third kappa shape index (κ3) is 4.47. The summed E-state index contributed by atoms with van der Waals surface area (Å²) in [6.07, 6.45) is 4.41. The van der Waals surface area contributed by atoms with Gasteiger partial charge in [-0.15, -0.1) is 0 Å². The fourth-order valence-electron chi connectivity index (χ4n) is 0.687. The molecule has 1 nitrogen and oxygen atoms in total. The second kappa shape index (κ2) is 7.31. The predicted molar refractivity (Wildman–Crippen MR) is 41.3 cm³/mol. The standard InChI is InChI=1S/C5H10S.CH5N/c1-2-4-6-5-3-1;1-2/h1-5H2;2H2,1H3. The van der Waals surface area contributed by atoms with E-state index in [-0.39, 0.29) is 0 Å². The molecule has 0 unspecified atom stereocenters. The van der Waals surface area contributed by atoms with E-state index in [1.54, 1.807) is 0 Å². The molecular weight excluding hydrogens is 118 g/mol. The third-order valence-electron chi connectivity index (χ3n) is 1.08. The molecule has 1 heterocycles. The molecule has 0 aromatic carbocycles. The van der Waals surface area contributed by atoms with Crippen molar-refractivity contribution in [3.05, 3.63) is 0 Å². The van der Waals surface area contributed by atoms with Crippen LogP contribution in [0.3, 0.4) is 0 Å². The largest absolute Gasteiger partial charge is 0.333 e. The first kappa shape index (κ1) is 8.31. The summed E-state index contributed by atoms with van der Waals surface area (Å²) < 4.78 is 0. The van der Waals surface area contributed by atoms with Gasteiger partial charge in [0.2, 0.25) is 0 Å². The highest BCUT2D eigenvalue weighted by Gasteiger charge is 1.95. The molecule has 8 heavy (non-hydrogen) atoms. The summed E-state index contributed by atoms with van der Waals surface area (Å²) >= 11 is 2.09. The maximum absolute atomic E-state index is 4.50. The van der Waals surface area contributed by atoms with Gasteiger partial charge in [0.1, 0.15) is 0 Å². The lowest BCUT2D eigenvalue weighted by molar-refractivity contribution is 0.764. The fraction of sp³-hybridized carbons (Fsp3) is 1.00. The molecule has 0 saturated carbocycles. The van der Waals surface area contributed by atoms with Gasteiger partial charge in [-0.2, -0.15) is 11.8 Å². The molecule has 0 aliphatic carbocycles. The average Bonchev–Trinajstić information content (AvgIpc) is 1.96. The zero-order chi connectivity index (χ0) is 6.24. The Labute approximate surface area is 56.0 Å². The first-order chi connectivity index (χ1) is 4.00. The average molecular weight is 133 g/mol. The number of thioether (sulfide) groups is 1. The van der Waals surface area contributed by atoms with Gasteiger partial charge < -0.3 is 5.73 Å². The van der Waals surface area contributed by atoms with Crippen LogP contribution in [-0.4, -0.2) is 18.6 Å². The summed E-state index contributed by atoms with van der Waals surface area (Å²) in [6, 6.07) is 0. The van der Waals surface area contributed by atoms with Crippen molar-refractivity contribution in [1.29, 1.82) is 0 Å². The van der Waals surface area contributed by atoms with Gasteiger partial charge >= 0.3 is 0 Å². The van der Waals surface area contributed by atoms with Gasteiger partial charge in [0.15, 0.2) is 0 Å². The van der Waals surface area contributed by atoms with E-state index in [2.05, 4.69) is 17.5 Å². The highest BCUT2D eigenvalue weighted by Crippen LogP contribution is 2.14. The molecule has 0 spiro atoms.